The number of benzene rings is 7. The van der Waals surface area contributed by atoms with E-state index in [4.69, 9.17) is 17.2 Å². The Morgan fingerprint density at radius 3 is 0.842 bits per heavy atom. The highest BCUT2D eigenvalue weighted by Crippen LogP contribution is 2.54. The molecule has 0 spiro atoms. The zero-order valence-electron chi connectivity index (χ0n) is 33.4. The largest absolute Gasteiger partial charge is 0.395 e. The van der Waals surface area contributed by atoms with E-state index < -0.39 is 0 Å². The van der Waals surface area contributed by atoms with Crippen molar-refractivity contribution < 1.29 is 0 Å². The quantitative estimate of drug-likeness (QED) is 0.0945. The van der Waals surface area contributed by atoms with E-state index in [1.807, 2.05) is 0 Å². The third kappa shape index (κ3) is 4.96. The summed E-state index contributed by atoms with van der Waals surface area (Å²) in [5, 5.41) is 11.0. The fraction of sp³-hybridized carbons (Fsp3) is 0.176. The van der Waals surface area contributed by atoms with Crippen LogP contribution >= 0.6 is 0 Å². The van der Waals surface area contributed by atoms with Gasteiger partial charge in [-0.05, 0) is 103 Å². The Hall–Kier alpha value is -6.66. The van der Waals surface area contributed by atoms with Gasteiger partial charge in [-0.15, -0.1) is 0 Å². The summed E-state index contributed by atoms with van der Waals surface area (Å²) < 4.78 is 0. The van der Waals surface area contributed by atoms with Gasteiger partial charge in [-0.2, -0.15) is 0 Å². The Labute approximate surface area is 335 Å². The summed E-state index contributed by atoms with van der Waals surface area (Å²) in [7, 11) is 0. The molecule has 0 heterocycles. The molecule has 0 saturated carbocycles. The Kier molecular flexibility index (Phi) is 7.28. The van der Waals surface area contributed by atoms with E-state index in [0.29, 0.717) is 34.1 Å². The number of nitrogens with two attached hydrogens (primary N) is 3. The zero-order valence-corrected chi connectivity index (χ0v) is 33.4. The maximum absolute atomic E-state index is 7.15. The molecule has 0 bridgehead atoms. The van der Waals surface area contributed by atoms with Crippen molar-refractivity contribution in [3.05, 3.63) is 161 Å². The van der Waals surface area contributed by atoms with Crippen LogP contribution in [0, 0.1) is 0 Å². The Morgan fingerprint density at radius 2 is 0.561 bits per heavy atom. The van der Waals surface area contributed by atoms with Crippen LogP contribution in [-0.4, -0.2) is 0 Å². The van der Waals surface area contributed by atoms with Crippen LogP contribution < -0.4 is 33.2 Å². The molecule has 0 radical (unpaired) electrons. The second-order valence-corrected chi connectivity index (χ2v) is 17.5. The standard InChI is InChI=1S/C51H48N6/c1-49(2)37-16-10-7-13-31(37)34-25-28(19-22-40(34)49)55-46-43(52)47(56-29-20-23-41-35(26-29)32-14-8-11-17-38(32)50(41,3)4)45(54)48(44(46)53)57-30-21-24-42-36(27-30)33-15-9-12-18-39(33)51(42,5)6/h7-27,55-57H,52-54H2,1-6H3. The second-order valence-electron chi connectivity index (χ2n) is 17.5. The lowest BCUT2D eigenvalue weighted by atomic mass is 9.82. The Morgan fingerprint density at radius 1 is 0.316 bits per heavy atom. The normalized spacial score (nSPS) is 15.5. The van der Waals surface area contributed by atoms with E-state index in [-0.39, 0.29) is 16.2 Å². The van der Waals surface area contributed by atoms with Gasteiger partial charge in [0.25, 0.3) is 0 Å². The summed E-state index contributed by atoms with van der Waals surface area (Å²) in [6.45, 7) is 13.7. The molecule has 0 unspecified atom stereocenters. The third-order valence-electron chi connectivity index (χ3n) is 13.2. The van der Waals surface area contributed by atoms with E-state index in [2.05, 4.69) is 185 Å². The highest BCUT2D eigenvalue weighted by Gasteiger charge is 2.38. The SMILES string of the molecule is CC1(C)c2ccccc2-c2cc(Nc3c(N)c(Nc4ccc5c(c4)-c4ccccc4C5(C)C)c(N)c(Nc4ccc5c(c4)-c4ccccc4C5(C)C)c3N)ccc21. The number of fused-ring (bicyclic) bond motifs is 9. The molecule has 3 aliphatic carbocycles. The maximum atomic E-state index is 7.15. The van der Waals surface area contributed by atoms with Gasteiger partial charge in [0.15, 0.2) is 0 Å². The first kappa shape index (κ1) is 34.8. The lowest BCUT2D eigenvalue weighted by Crippen LogP contribution is -2.15. The van der Waals surface area contributed by atoms with Crippen LogP contribution in [0.3, 0.4) is 0 Å². The van der Waals surface area contributed by atoms with Crippen LogP contribution in [0.4, 0.5) is 51.2 Å². The van der Waals surface area contributed by atoms with Crippen LogP contribution in [0.2, 0.25) is 0 Å². The molecule has 10 rings (SSSR count). The predicted octanol–water partition coefficient (Wildman–Crippen LogP) is 12.6. The maximum Gasteiger partial charge on any atom is 0.0896 e. The van der Waals surface area contributed by atoms with Crippen molar-refractivity contribution in [3.63, 3.8) is 0 Å². The van der Waals surface area contributed by atoms with Gasteiger partial charge < -0.3 is 33.2 Å². The fourth-order valence-corrected chi connectivity index (χ4v) is 10.0. The van der Waals surface area contributed by atoms with Gasteiger partial charge in [0.1, 0.15) is 0 Å². The average Bonchev–Trinajstić information content (AvgIpc) is 3.69. The summed E-state index contributed by atoms with van der Waals surface area (Å²) in [6, 6.07) is 45.6. The molecular weight excluding hydrogens is 697 g/mol. The van der Waals surface area contributed by atoms with Crippen LogP contribution in [0.5, 0.6) is 0 Å². The number of nitrogen functional groups attached to an aromatic ring is 3. The molecule has 0 aromatic heterocycles. The molecule has 7 aromatic rings. The topological polar surface area (TPSA) is 114 Å². The summed E-state index contributed by atoms with van der Waals surface area (Å²) in [5.41, 5.74) is 42.0. The minimum absolute atomic E-state index is 0.102. The molecule has 282 valence electrons. The number of nitrogens with one attached hydrogen (secondary N) is 3. The molecule has 0 atom stereocenters. The van der Waals surface area contributed by atoms with Crippen molar-refractivity contribution in [2.45, 2.75) is 57.8 Å². The second kappa shape index (κ2) is 11.9. The minimum atomic E-state index is -0.102. The Balaban J connectivity index is 1.09. The average molecular weight is 745 g/mol. The van der Waals surface area contributed by atoms with Gasteiger partial charge in [-0.3, -0.25) is 0 Å². The van der Waals surface area contributed by atoms with Crippen molar-refractivity contribution in [1.29, 1.82) is 0 Å². The first-order valence-corrected chi connectivity index (χ1v) is 19.8. The van der Waals surface area contributed by atoms with E-state index in [9.17, 15) is 0 Å². The predicted molar refractivity (Wildman–Crippen MR) is 242 cm³/mol. The van der Waals surface area contributed by atoms with E-state index in [1.165, 1.54) is 66.8 Å². The van der Waals surface area contributed by atoms with Gasteiger partial charge in [0.2, 0.25) is 0 Å². The van der Waals surface area contributed by atoms with Crippen molar-refractivity contribution in [2.24, 2.45) is 0 Å². The van der Waals surface area contributed by atoms with Crippen LogP contribution in [0.25, 0.3) is 33.4 Å². The highest BCUT2D eigenvalue weighted by molar-refractivity contribution is 6.08. The molecule has 7 aromatic carbocycles. The number of hydrogen-bond donors (Lipinski definition) is 6. The monoisotopic (exact) mass is 744 g/mol. The van der Waals surface area contributed by atoms with Crippen molar-refractivity contribution in [3.8, 4) is 33.4 Å². The fourth-order valence-electron chi connectivity index (χ4n) is 10.0. The molecule has 57 heavy (non-hydrogen) atoms. The minimum Gasteiger partial charge on any atom is -0.395 e. The first-order valence-electron chi connectivity index (χ1n) is 19.8. The van der Waals surface area contributed by atoms with Gasteiger partial charge >= 0.3 is 0 Å². The molecule has 0 amide bonds. The summed E-state index contributed by atoms with van der Waals surface area (Å²) >= 11 is 0. The summed E-state index contributed by atoms with van der Waals surface area (Å²) in [6.07, 6.45) is 0. The van der Waals surface area contributed by atoms with E-state index >= 15 is 0 Å². The van der Waals surface area contributed by atoms with Gasteiger partial charge in [-0.25, -0.2) is 0 Å². The highest BCUT2D eigenvalue weighted by atomic mass is 15.0. The molecule has 6 nitrogen and oxygen atoms in total. The lowest BCUT2D eigenvalue weighted by molar-refractivity contribution is 0.660. The van der Waals surface area contributed by atoms with Crippen molar-refractivity contribution in [1.82, 2.24) is 0 Å². The molecular formula is C51H48N6. The molecule has 0 saturated heterocycles. The number of hydrogen-bond acceptors (Lipinski definition) is 6. The molecule has 3 aliphatic rings. The zero-order chi connectivity index (χ0) is 39.6. The van der Waals surface area contributed by atoms with Gasteiger partial charge in [-0.1, -0.05) is 133 Å². The number of anilines is 9. The molecule has 0 fully saturated rings. The molecule has 6 heteroatoms. The number of rotatable bonds is 6. The van der Waals surface area contributed by atoms with E-state index in [1.54, 1.807) is 0 Å². The first-order chi connectivity index (χ1) is 27.3. The third-order valence-corrected chi connectivity index (χ3v) is 13.2. The smallest absolute Gasteiger partial charge is 0.0896 e. The van der Waals surface area contributed by atoms with E-state index in [0.717, 1.165) is 17.1 Å². The Bertz CT molecular complexity index is 2520. The summed E-state index contributed by atoms with van der Waals surface area (Å²) in [5.74, 6) is 0. The van der Waals surface area contributed by atoms with Crippen molar-refractivity contribution >= 4 is 51.2 Å². The van der Waals surface area contributed by atoms with Crippen LogP contribution in [-0.2, 0) is 16.2 Å². The molecule has 0 aliphatic heterocycles. The van der Waals surface area contributed by atoms with Gasteiger partial charge in [0, 0.05) is 33.3 Å². The van der Waals surface area contributed by atoms with Crippen LogP contribution in [0.1, 0.15) is 74.9 Å². The molecule has 9 N–H and O–H groups in total. The summed E-state index contributed by atoms with van der Waals surface area (Å²) in [4.78, 5) is 0. The van der Waals surface area contributed by atoms with Gasteiger partial charge in [0.05, 0.1) is 34.1 Å². The lowest BCUT2D eigenvalue weighted by Gasteiger charge is -2.25. The van der Waals surface area contributed by atoms with Crippen molar-refractivity contribution in [2.75, 3.05) is 33.2 Å². The van der Waals surface area contributed by atoms with Crippen LogP contribution in [0.15, 0.2) is 127 Å².